The molecule has 6 heteroatoms. The molecule has 0 aliphatic heterocycles. The maximum atomic E-state index is 5.78. The number of nitrogen functional groups attached to an aromatic ring is 1. The van der Waals surface area contributed by atoms with Crippen molar-refractivity contribution in [2.45, 2.75) is 36.8 Å². The molecule has 5 nitrogen and oxygen atoms in total. The number of aromatic nitrogens is 3. The van der Waals surface area contributed by atoms with Crippen LogP contribution in [0.4, 0.5) is 11.9 Å². The minimum absolute atomic E-state index is 0.105. The summed E-state index contributed by atoms with van der Waals surface area (Å²) < 4.78 is 0. The highest BCUT2D eigenvalue weighted by molar-refractivity contribution is 7.99. The number of thioether (sulfide) groups is 1. The number of nitrogens with zero attached hydrogens (tertiary/aromatic N) is 4. The second-order valence-electron chi connectivity index (χ2n) is 5.73. The zero-order valence-corrected chi connectivity index (χ0v) is 14.6. The van der Waals surface area contributed by atoms with E-state index in [1.807, 2.05) is 19.0 Å². The fourth-order valence-corrected chi connectivity index (χ4v) is 2.88. The van der Waals surface area contributed by atoms with Crippen LogP contribution in [0.5, 0.6) is 0 Å². The Kier molecular flexibility index (Phi) is 5.24. The molecule has 0 radical (unpaired) electrons. The van der Waals surface area contributed by atoms with Crippen LogP contribution in [0.1, 0.15) is 43.3 Å². The molecule has 1 aromatic carbocycles. The lowest BCUT2D eigenvalue weighted by Gasteiger charge is -2.15. The van der Waals surface area contributed by atoms with Gasteiger partial charge in [-0.05, 0) is 30.5 Å². The fourth-order valence-electron chi connectivity index (χ4n) is 1.97. The highest BCUT2D eigenvalue weighted by Crippen LogP contribution is 2.34. The molecule has 2 rings (SSSR count). The van der Waals surface area contributed by atoms with Crippen molar-refractivity contribution < 1.29 is 0 Å². The number of benzene rings is 1. The lowest BCUT2D eigenvalue weighted by Crippen LogP contribution is -2.16. The van der Waals surface area contributed by atoms with Crippen molar-refractivity contribution in [3.8, 4) is 0 Å². The Morgan fingerprint density at radius 2 is 1.64 bits per heavy atom. The molecule has 22 heavy (non-hydrogen) atoms. The number of nitrogens with two attached hydrogens (primary N) is 1. The SMILES string of the molecule is CC(C)c1ccc(S[C@@H](C)c2nc(N)nc(N(C)C)n2)cc1. The Balaban J connectivity index is 2.16. The van der Waals surface area contributed by atoms with Crippen LogP contribution < -0.4 is 10.6 Å². The minimum atomic E-state index is 0.105. The maximum Gasteiger partial charge on any atom is 0.229 e. The molecule has 1 aromatic heterocycles. The van der Waals surface area contributed by atoms with E-state index in [9.17, 15) is 0 Å². The van der Waals surface area contributed by atoms with E-state index in [-0.39, 0.29) is 11.2 Å². The quantitative estimate of drug-likeness (QED) is 0.851. The second kappa shape index (κ2) is 6.96. The van der Waals surface area contributed by atoms with E-state index < -0.39 is 0 Å². The van der Waals surface area contributed by atoms with E-state index in [1.165, 1.54) is 10.5 Å². The molecule has 0 amide bonds. The van der Waals surface area contributed by atoms with Crippen molar-refractivity contribution >= 4 is 23.7 Å². The molecular weight excluding hydrogens is 294 g/mol. The summed E-state index contributed by atoms with van der Waals surface area (Å²) in [6.45, 7) is 6.47. The van der Waals surface area contributed by atoms with E-state index in [0.29, 0.717) is 17.7 Å². The Bertz CT molecular complexity index is 625. The highest BCUT2D eigenvalue weighted by atomic mass is 32.2. The van der Waals surface area contributed by atoms with Gasteiger partial charge in [-0.15, -0.1) is 11.8 Å². The van der Waals surface area contributed by atoms with Crippen LogP contribution in [0, 0.1) is 0 Å². The summed E-state index contributed by atoms with van der Waals surface area (Å²) >= 11 is 1.72. The summed E-state index contributed by atoms with van der Waals surface area (Å²) in [5.41, 5.74) is 7.13. The van der Waals surface area contributed by atoms with Crippen molar-refractivity contribution in [2.75, 3.05) is 24.7 Å². The standard InChI is InChI=1S/C16H23N5S/c1-10(2)12-6-8-13(9-7-12)22-11(3)14-18-15(17)20-16(19-14)21(4)5/h6-11H,1-5H3,(H2,17,18,19,20)/t11-/m0/s1. The lowest BCUT2D eigenvalue weighted by molar-refractivity contribution is 0.861. The molecule has 0 aliphatic rings. The molecule has 0 unspecified atom stereocenters. The van der Waals surface area contributed by atoms with Crippen molar-refractivity contribution in [3.05, 3.63) is 35.7 Å². The Morgan fingerprint density at radius 3 is 2.18 bits per heavy atom. The summed E-state index contributed by atoms with van der Waals surface area (Å²) in [4.78, 5) is 15.9. The maximum absolute atomic E-state index is 5.78. The summed E-state index contributed by atoms with van der Waals surface area (Å²) in [6, 6.07) is 8.64. The lowest BCUT2D eigenvalue weighted by atomic mass is 10.0. The fraction of sp³-hybridized carbons (Fsp3) is 0.438. The van der Waals surface area contributed by atoms with Crippen molar-refractivity contribution in [3.63, 3.8) is 0 Å². The van der Waals surface area contributed by atoms with E-state index >= 15 is 0 Å². The second-order valence-corrected chi connectivity index (χ2v) is 7.14. The molecule has 2 N–H and O–H groups in total. The molecule has 1 heterocycles. The van der Waals surface area contributed by atoms with E-state index in [0.717, 1.165) is 0 Å². The molecular formula is C16H23N5S. The normalized spacial score (nSPS) is 12.5. The van der Waals surface area contributed by atoms with Crippen molar-refractivity contribution in [1.82, 2.24) is 15.0 Å². The van der Waals surface area contributed by atoms with Gasteiger partial charge < -0.3 is 10.6 Å². The predicted molar refractivity (Wildman–Crippen MR) is 93.4 cm³/mol. The Labute approximate surface area is 136 Å². The molecule has 0 spiro atoms. The van der Waals surface area contributed by atoms with Crippen LogP contribution in [0.3, 0.4) is 0 Å². The molecule has 118 valence electrons. The zero-order valence-electron chi connectivity index (χ0n) is 13.7. The van der Waals surface area contributed by atoms with Gasteiger partial charge in [0.2, 0.25) is 11.9 Å². The molecule has 2 aromatic rings. The van der Waals surface area contributed by atoms with Crippen LogP contribution in [0.2, 0.25) is 0 Å². The van der Waals surface area contributed by atoms with E-state index in [2.05, 4.69) is 60.0 Å². The third-order valence-electron chi connectivity index (χ3n) is 3.28. The first-order valence-electron chi connectivity index (χ1n) is 7.32. The average molecular weight is 317 g/mol. The average Bonchev–Trinajstić information content (AvgIpc) is 2.47. The molecule has 1 atom stereocenters. The third kappa shape index (κ3) is 4.10. The smallest absolute Gasteiger partial charge is 0.229 e. The van der Waals surface area contributed by atoms with Crippen LogP contribution in [-0.2, 0) is 0 Å². The zero-order chi connectivity index (χ0) is 16.3. The Morgan fingerprint density at radius 1 is 1.00 bits per heavy atom. The summed E-state index contributed by atoms with van der Waals surface area (Å²) in [6.07, 6.45) is 0. The monoisotopic (exact) mass is 317 g/mol. The van der Waals surface area contributed by atoms with Gasteiger partial charge in [0.05, 0.1) is 5.25 Å². The first-order chi connectivity index (χ1) is 10.4. The van der Waals surface area contributed by atoms with Gasteiger partial charge in [0, 0.05) is 19.0 Å². The van der Waals surface area contributed by atoms with Gasteiger partial charge >= 0.3 is 0 Å². The van der Waals surface area contributed by atoms with Crippen LogP contribution in [0.15, 0.2) is 29.2 Å². The third-order valence-corrected chi connectivity index (χ3v) is 4.39. The minimum Gasteiger partial charge on any atom is -0.368 e. The van der Waals surface area contributed by atoms with Gasteiger partial charge in [0.1, 0.15) is 5.82 Å². The summed E-state index contributed by atoms with van der Waals surface area (Å²) in [5, 5.41) is 0.105. The number of rotatable bonds is 5. The highest BCUT2D eigenvalue weighted by Gasteiger charge is 2.14. The summed E-state index contributed by atoms with van der Waals surface area (Å²) in [5.74, 6) is 2.10. The van der Waals surface area contributed by atoms with Gasteiger partial charge in [-0.2, -0.15) is 15.0 Å². The Hall–Kier alpha value is -1.82. The van der Waals surface area contributed by atoms with E-state index in [1.54, 1.807) is 11.8 Å². The first-order valence-corrected chi connectivity index (χ1v) is 8.20. The first kappa shape index (κ1) is 16.5. The molecule has 0 saturated heterocycles. The van der Waals surface area contributed by atoms with Gasteiger partial charge in [0.25, 0.3) is 0 Å². The topological polar surface area (TPSA) is 67.9 Å². The number of hydrogen-bond donors (Lipinski definition) is 1. The molecule has 0 fully saturated rings. The van der Waals surface area contributed by atoms with Crippen LogP contribution >= 0.6 is 11.8 Å². The van der Waals surface area contributed by atoms with Gasteiger partial charge in [-0.25, -0.2) is 0 Å². The van der Waals surface area contributed by atoms with Crippen molar-refractivity contribution in [2.24, 2.45) is 0 Å². The molecule has 0 aliphatic carbocycles. The number of anilines is 2. The predicted octanol–water partition coefficient (Wildman–Crippen LogP) is 3.50. The van der Waals surface area contributed by atoms with Gasteiger partial charge in [-0.3, -0.25) is 0 Å². The van der Waals surface area contributed by atoms with Gasteiger partial charge in [-0.1, -0.05) is 26.0 Å². The van der Waals surface area contributed by atoms with Crippen LogP contribution in [0.25, 0.3) is 0 Å². The number of hydrogen-bond acceptors (Lipinski definition) is 6. The largest absolute Gasteiger partial charge is 0.368 e. The molecule has 0 saturated carbocycles. The molecule has 0 bridgehead atoms. The summed E-state index contributed by atoms with van der Waals surface area (Å²) in [7, 11) is 3.78. The van der Waals surface area contributed by atoms with Crippen LogP contribution in [-0.4, -0.2) is 29.0 Å². The van der Waals surface area contributed by atoms with E-state index in [4.69, 9.17) is 5.73 Å². The van der Waals surface area contributed by atoms with Crippen molar-refractivity contribution in [1.29, 1.82) is 0 Å². The van der Waals surface area contributed by atoms with Gasteiger partial charge in [0.15, 0.2) is 0 Å².